The summed E-state index contributed by atoms with van der Waals surface area (Å²) in [5, 5.41) is 12.3. The molecule has 90 valence electrons. The van der Waals surface area contributed by atoms with Gasteiger partial charge >= 0.3 is 0 Å². The van der Waals surface area contributed by atoms with E-state index in [1.807, 2.05) is 19.0 Å². The van der Waals surface area contributed by atoms with Crippen molar-refractivity contribution in [1.82, 2.24) is 4.90 Å². The Balaban J connectivity index is 0.00000225. The maximum Gasteiger partial charge on any atom is 0.221 e. The fraction of sp³-hybridized carbons (Fsp3) is 0.364. The Kier molecular flexibility index (Phi) is 5.85. The van der Waals surface area contributed by atoms with Gasteiger partial charge < -0.3 is 15.3 Å². The Morgan fingerprint density at radius 2 is 2.06 bits per heavy atom. The van der Waals surface area contributed by atoms with Gasteiger partial charge in [-0.1, -0.05) is 0 Å². The van der Waals surface area contributed by atoms with E-state index in [-0.39, 0.29) is 24.1 Å². The third-order valence-electron chi connectivity index (χ3n) is 1.89. The Labute approximate surface area is 102 Å². The van der Waals surface area contributed by atoms with Crippen LogP contribution < -0.4 is 5.32 Å². The minimum atomic E-state index is -0.114. The van der Waals surface area contributed by atoms with Gasteiger partial charge in [0.2, 0.25) is 5.91 Å². The van der Waals surface area contributed by atoms with Crippen molar-refractivity contribution in [2.75, 3.05) is 19.4 Å². The minimum absolute atomic E-state index is 0. The van der Waals surface area contributed by atoms with Gasteiger partial charge in [-0.25, -0.2) is 0 Å². The molecule has 0 radical (unpaired) electrons. The van der Waals surface area contributed by atoms with Crippen molar-refractivity contribution >= 4 is 24.0 Å². The molecule has 0 saturated heterocycles. The van der Waals surface area contributed by atoms with E-state index < -0.39 is 0 Å². The highest BCUT2D eigenvalue weighted by Gasteiger charge is 2.04. The van der Waals surface area contributed by atoms with Crippen LogP contribution in [0.5, 0.6) is 5.75 Å². The van der Waals surface area contributed by atoms with E-state index in [0.717, 1.165) is 5.56 Å². The second kappa shape index (κ2) is 6.35. The number of amides is 1. The van der Waals surface area contributed by atoms with E-state index in [1.54, 1.807) is 18.2 Å². The molecule has 0 atom stereocenters. The number of aromatic hydroxyl groups is 1. The zero-order chi connectivity index (χ0) is 11.4. The van der Waals surface area contributed by atoms with Gasteiger partial charge in [-0.2, -0.15) is 0 Å². The van der Waals surface area contributed by atoms with Crippen molar-refractivity contribution < 1.29 is 9.90 Å². The molecule has 16 heavy (non-hydrogen) atoms. The largest absolute Gasteiger partial charge is 0.508 e. The molecule has 0 aromatic heterocycles. The van der Waals surface area contributed by atoms with Gasteiger partial charge in [0.1, 0.15) is 5.75 Å². The molecule has 0 heterocycles. The number of anilines is 1. The quantitative estimate of drug-likeness (QED) is 0.798. The number of benzene rings is 1. The summed E-state index contributed by atoms with van der Waals surface area (Å²) in [6.07, 6.45) is 0. The number of hydrogen-bond donors (Lipinski definition) is 2. The van der Waals surface area contributed by atoms with Gasteiger partial charge in [0.05, 0.1) is 0 Å². The van der Waals surface area contributed by atoms with Crippen molar-refractivity contribution in [3.63, 3.8) is 0 Å². The number of carbonyl (C=O) groups excluding carboxylic acids is 1. The van der Waals surface area contributed by atoms with Crippen LogP contribution in [0.4, 0.5) is 5.69 Å². The van der Waals surface area contributed by atoms with Gasteiger partial charge in [-0.3, -0.25) is 4.79 Å². The summed E-state index contributed by atoms with van der Waals surface area (Å²) >= 11 is 0. The van der Waals surface area contributed by atoms with Gasteiger partial charge in [0.25, 0.3) is 0 Å². The molecule has 1 aromatic carbocycles. The first-order chi connectivity index (χ1) is 6.99. The molecule has 1 amide bonds. The molecular formula is C11H17ClN2O2. The van der Waals surface area contributed by atoms with Crippen LogP contribution in [0, 0.1) is 0 Å². The van der Waals surface area contributed by atoms with E-state index in [0.29, 0.717) is 12.2 Å². The van der Waals surface area contributed by atoms with E-state index >= 15 is 0 Å². The van der Waals surface area contributed by atoms with Crippen molar-refractivity contribution in [2.45, 2.75) is 13.5 Å². The molecule has 0 bridgehead atoms. The Bertz CT molecular complexity index is 367. The number of phenolic OH excluding ortho intramolecular Hbond substituents is 1. The zero-order valence-corrected chi connectivity index (χ0v) is 10.5. The van der Waals surface area contributed by atoms with Crippen LogP contribution in [0.15, 0.2) is 18.2 Å². The molecule has 4 nitrogen and oxygen atoms in total. The monoisotopic (exact) mass is 244 g/mol. The second-order valence-corrected chi connectivity index (χ2v) is 3.76. The molecule has 0 spiro atoms. The fourth-order valence-corrected chi connectivity index (χ4v) is 1.33. The number of rotatable bonds is 3. The van der Waals surface area contributed by atoms with Gasteiger partial charge in [-0.15, -0.1) is 12.4 Å². The maximum absolute atomic E-state index is 10.8. The van der Waals surface area contributed by atoms with Crippen LogP contribution in [0.3, 0.4) is 0 Å². The summed E-state index contributed by atoms with van der Waals surface area (Å²) in [5.74, 6) is 0.134. The summed E-state index contributed by atoms with van der Waals surface area (Å²) in [7, 11) is 3.84. The normalized spacial score (nSPS) is 9.75. The summed E-state index contributed by atoms with van der Waals surface area (Å²) in [4.78, 5) is 12.8. The van der Waals surface area contributed by atoms with E-state index in [2.05, 4.69) is 5.32 Å². The zero-order valence-electron chi connectivity index (χ0n) is 9.65. The summed E-state index contributed by atoms with van der Waals surface area (Å²) in [5.41, 5.74) is 1.50. The molecule has 2 N–H and O–H groups in total. The highest BCUT2D eigenvalue weighted by atomic mass is 35.5. The average Bonchev–Trinajstić information content (AvgIpc) is 2.09. The lowest BCUT2D eigenvalue weighted by Crippen LogP contribution is -2.11. The van der Waals surface area contributed by atoms with Gasteiger partial charge in [0, 0.05) is 24.7 Å². The number of carbonyl (C=O) groups is 1. The van der Waals surface area contributed by atoms with Gasteiger partial charge in [0.15, 0.2) is 0 Å². The van der Waals surface area contributed by atoms with Crippen LogP contribution in [-0.2, 0) is 11.3 Å². The summed E-state index contributed by atoms with van der Waals surface area (Å²) < 4.78 is 0. The second-order valence-electron chi connectivity index (χ2n) is 3.76. The maximum atomic E-state index is 10.8. The predicted octanol–water partition coefficient (Wildman–Crippen LogP) is 1.83. The van der Waals surface area contributed by atoms with Crippen molar-refractivity contribution in [3.05, 3.63) is 23.8 Å². The van der Waals surface area contributed by atoms with Crippen LogP contribution in [0.2, 0.25) is 0 Å². The van der Waals surface area contributed by atoms with Crippen LogP contribution >= 0.6 is 12.4 Å². The molecule has 0 fully saturated rings. The van der Waals surface area contributed by atoms with Gasteiger partial charge in [-0.05, 0) is 32.3 Å². The Morgan fingerprint density at radius 3 is 2.56 bits per heavy atom. The highest BCUT2D eigenvalue weighted by Crippen LogP contribution is 2.22. The third-order valence-corrected chi connectivity index (χ3v) is 1.89. The molecule has 0 saturated carbocycles. The molecule has 1 rings (SSSR count). The SMILES string of the molecule is CC(=O)Nc1ccc(O)c(CN(C)C)c1.Cl. The molecule has 0 aliphatic rings. The van der Waals surface area contributed by atoms with Crippen LogP contribution in [-0.4, -0.2) is 30.0 Å². The van der Waals surface area contributed by atoms with Crippen LogP contribution in [0.25, 0.3) is 0 Å². The van der Waals surface area contributed by atoms with E-state index in [1.165, 1.54) is 6.92 Å². The lowest BCUT2D eigenvalue weighted by Gasteiger charge is -2.12. The average molecular weight is 245 g/mol. The molecule has 0 aliphatic carbocycles. The molecule has 5 heteroatoms. The van der Waals surface area contributed by atoms with Crippen molar-refractivity contribution in [3.8, 4) is 5.75 Å². The van der Waals surface area contributed by atoms with E-state index in [4.69, 9.17) is 0 Å². The van der Waals surface area contributed by atoms with Crippen LogP contribution in [0.1, 0.15) is 12.5 Å². The molecule has 1 aromatic rings. The molecule has 0 unspecified atom stereocenters. The smallest absolute Gasteiger partial charge is 0.221 e. The number of nitrogens with zero attached hydrogens (tertiary/aromatic N) is 1. The first-order valence-electron chi connectivity index (χ1n) is 4.73. The topological polar surface area (TPSA) is 52.6 Å². The number of hydrogen-bond acceptors (Lipinski definition) is 3. The fourth-order valence-electron chi connectivity index (χ4n) is 1.33. The third kappa shape index (κ3) is 4.51. The van der Waals surface area contributed by atoms with Crippen molar-refractivity contribution in [2.24, 2.45) is 0 Å². The highest BCUT2D eigenvalue weighted by molar-refractivity contribution is 5.88. The number of phenols is 1. The first-order valence-corrected chi connectivity index (χ1v) is 4.73. The van der Waals surface area contributed by atoms with E-state index in [9.17, 15) is 9.90 Å². The number of nitrogens with one attached hydrogen (secondary N) is 1. The summed E-state index contributed by atoms with van der Waals surface area (Å²) in [6, 6.07) is 5.04. The van der Waals surface area contributed by atoms with Crippen molar-refractivity contribution in [1.29, 1.82) is 0 Å². The summed E-state index contributed by atoms with van der Waals surface area (Å²) in [6.45, 7) is 2.09. The molecule has 0 aliphatic heterocycles. The lowest BCUT2D eigenvalue weighted by molar-refractivity contribution is -0.114. The Morgan fingerprint density at radius 1 is 1.44 bits per heavy atom. The standard InChI is InChI=1S/C11H16N2O2.ClH/c1-8(14)12-10-4-5-11(15)9(6-10)7-13(2)3;/h4-6,15H,7H2,1-3H3,(H,12,14);1H. The predicted molar refractivity (Wildman–Crippen MR) is 67.0 cm³/mol. The minimum Gasteiger partial charge on any atom is -0.508 e. The first kappa shape index (κ1) is 14.7. The number of halogens is 1. The Hall–Kier alpha value is -1.26. The lowest BCUT2D eigenvalue weighted by atomic mass is 10.1. The molecular weight excluding hydrogens is 228 g/mol.